The molecule has 2 aromatic rings. The molecule has 0 heterocycles. The van der Waals surface area contributed by atoms with Gasteiger partial charge in [0, 0.05) is 6.54 Å². The third-order valence-corrected chi connectivity index (χ3v) is 3.14. The maximum Gasteiger partial charge on any atom is 0.142 e. The first-order chi connectivity index (χ1) is 10.2. The van der Waals surface area contributed by atoms with Gasteiger partial charge in [0.2, 0.25) is 0 Å². The summed E-state index contributed by atoms with van der Waals surface area (Å²) in [6.07, 6.45) is 0.984. The molecule has 0 fully saturated rings. The zero-order valence-electron chi connectivity index (χ0n) is 12.5. The summed E-state index contributed by atoms with van der Waals surface area (Å²) in [6, 6.07) is 15.9. The summed E-state index contributed by atoms with van der Waals surface area (Å²) in [5, 5.41) is 12.3. The fourth-order valence-corrected chi connectivity index (χ4v) is 2.06. The SMILES string of the molecule is CCCOc1cc(C)ccc1NCc1cccc(C#N)c1. The fourth-order valence-electron chi connectivity index (χ4n) is 2.06. The second-order valence-electron chi connectivity index (χ2n) is 5.01. The minimum absolute atomic E-state index is 0.668. The molecule has 3 nitrogen and oxygen atoms in total. The fraction of sp³-hybridized carbons (Fsp3) is 0.278. The van der Waals surface area contributed by atoms with E-state index in [1.165, 1.54) is 5.56 Å². The molecule has 21 heavy (non-hydrogen) atoms. The molecule has 0 saturated heterocycles. The number of nitriles is 1. The van der Waals surface area contributed by atoms with Crippen molar-refractivity contribution >= 4 is 5.69 Å². The molecule has 3 heteroatoms. The van der Waals surface area contributed by atoms with E-state index in [0.29, 0.717) is 18.7 Å². The van der Waals surface area contributed by atoms with Gasteiger partial charge in [0.15, 0.2) is 0 Å². The molecule has 0 saturated carbocycles. The summed E-state index contributed by atoms with van der Waals surface area (Å²) >= 11 is 0. The lowest BCUT2D eigenvalue weighted by atomic mass is 10.1. The molecule has 0 aliphatic heterocycles. The van der Waals surface area contributed by atoms with Crippen molar-refractivity contribution in [3.05, 3.63) is 59.2 Å². The Hall–Kier alpha value is -2.47. The Morgan fingerprint density at radius 1 is 1.19 bits per heavy atom. The molecule has 0 aliphatic carbocycles. The number of hydrogen-bond acceptors (Lipinski definition) is 3. The summed E-state index contributed by atoms with van der Waals surface area (Å²) in [5.41, 5.74) is 3.92. The predicted molar refractivity (Wildman–Crippen MR) is 85.4 cm³/mol. The monoisotopic (exact) mass is 280 g/mol. The van der Waals surface area contributed by atoms with Gasteiger partial charge in [-0.05, 0) is 48.7 Å². The highest BCUT2D eigenvalue weighted by molar-refractivity contribution is 5.58. The number of nitrogens with zero attached hydrogens (tertiary/aromatic N) is 1. The normalized spacial score (nSPS) is 9.95. The van der Waals surface area contributed by atoms with E-state index in [1.54, 1.807) is 0 Å². The Kier molecular flexibility index (Phi) is 5.22. The number of nitrogens with one attached hydrogen (secondary N) is 1. The maximum absolute atomic E-state index is 8.93. The van der Waals surface area contributed by atoms with Crippen LogP contribution >= 0.6 is 0 Å². The average Bonchev–Trinajstić information content (AvgIpc) is 2.52. The summed E-state index contributed by atoms with van der Waals surface area (Å²) in [6.45, 7) is 5.53. The molecule has 108 valence electrons. The van der Waals surface area contributed by atoms with Crippen LogP contribution in [0.5, 0.6) is 5.75 Å². The molecule has 0 atom stereocenters. The van der Waals surface area contributed by atoms with E-state index in [-0.39, 0.29) is 0 Å². The van der Waals surface area contributed by atoms with E-state index in [0.717, 1.165) is 23.4 Å². The quantitative estimate of drug-likeness (QED) is 0.859. The van der Waals surface area contributed by atoms with E-state index in [9.17, 15) is 0 Å². The Bertz CT molecular complexity index is 644. The zero-order chi connectivity index (χ0) is 15.1. The van der Waals surface area contributed by atoms with Crippen molar-refractivity contribution < 1.29 is 4.74 Å². The van der Waals surface area contributed by atoms with Crippen molar-refractivity contribution in [1.82, 2.24) is 0 Å². The number of benzene rings is 2. The Balaban J connectivity index is 2.10. The minimum Gasteiger partial charge on any atom is -0.491 e. The lowest BCUT2D eigenvalue weighted by Gasteiger charge is -2.14. The topological polar surface area (TPSA) is 45.0 Å². The Labute approximate surface area is 126 Å². The number of aryl methyl sites for hydroxylation is 1. The van der Waals surface area contributed by atoms with Gasteiger partial charge in [-0.25, -0.2) is 0 Å². The van der Waals surface area contributed by atoms with Gasteiger partial charge in [0.25, 0.3) is 0 Å². The summed E-state index contributed by atoms with van der Waals surface area (Å²) in [4.78, 5) is 0. The van der Waals surface area contributed by atoms with E-state index in [4.69, 9.17) is 10.00 Å². The van der Waals surface area contributed by atoms with Crippen LogP contribution in [0.2, 0.25) is 0 Å². The van der Waals surface area contributed by atoms with Crippen molar-refractivity contribution in [2.75, 3.05) is 11.9 Å². The highest BCUT2D eigenvalue weighted by atomic mass is 16.5. The van der Waals surface area contributed by atoms with Gasteiger partial charge in [-0.3, -0.25) is 0 Å². The molecule has 0 radical (unpaired) electrons. The van der Waals surface area contributed by atoms with E-state index >= 15 is 0 Å². The van der Waals surface area contributed by atoms with Crippen molar-refractivity contribution in [1.29, 1.82) is 5.26 Å². The van der Waals surface area contributed by atoms with Crippen LogP contribution < -0.4 is 10.1 Å². The number of ether oxygens (including phenoxy) is 1. The van der Waals surface area contributed by atoms with Crippen LogP contribution in [0.1, 0.15) is 30.0 Å². The van der Waals surface area contributed by atoms with Gasteiger partial charge in [-0.15, -0.1) is 0 Å². The lowest BCUT2D eigenvalue weighted by molar-refractivity contribution is 0.318. The highest BCUT2D eigenvalue weighted by Gasteiger charge is 2.04. The molecule has 0 aromatic heterocycles. The number of anilines is 1. The van der Waals surface area contributed by atoms with Crippen LogP contribution in [0, 0.1) is 18.3 Å². The smallest absolute Gasteiger partial charge is 0.142 e. The third kappa shape index (κ3) is 4.25. The molecule has 1 N–H and O–H groups in total. The van der Waals surface area contributed by atoms with E-state index < -0.39 is 0 Å². The van der Waals surface area contributed by atoms with Crippen LogP contribution in [0.15, 0.2) is 42.5 Å². The Morgan fingerprint density at radius 2 is 2.05 bits per heavy atom. The summed E-state index contributed by atoms with van der Waals surface area (Å²) in [5.74, 6) is 0.883. The molecule has 0 spiro atoms. The first-order valence-electron chi connectivity index (χ1n) is 7.19. The van der Waals surface area contributed by atoms with E-state index in [1.807, 2.05) is 36.4 Å². The minimum atomic E-state index is 0.668. The maximum atomic E-state index is 8.93. The van der Waals surface area contributed by atoms with Gasteiger partial charge in [0.1, 0.15) is 5.75 Å². The van der Waals surface area contributed by atoms with E-state index in [2.05, 4.69) is 31.3 Å². The van der Waals surface area contributed by atoms with Gasteiger partial charge in [-0.2, -0.15) is 5.26 Å². The first-order valence-corrected chi connectivity index (χ1v) is 7.19. The molecular weight excluding hydrogens is 260 g/mol. The first kappa shape index (κ1) is 14.9. The average molecular weight is 280 g/mol. The molecule has 2 aromatic carbocycles. The van der Waals surface area contributed by atoms with Crippen molar-refractivity contribution in [3.63, 3.8) is 0 Å². The van der Waals surface area contributed by atoms with Crippen LogP contribution in [-0.2, 0) is 6.54 Å². The highest BCUT2D eigenvalue weighted by Crippen LogP contribution is 2.26. The van der Waals surface area contributed by atoms with Gasteiger partial charge >= 0.3 is 0 Å². The van der Waals surface area contributed by atoms with Crippen LogP contribution in [0.25, 0.3) is 0 Å². The zero-order valence-corrected chi connectivity index (χ0v) is 12.5. The number of rotatable bonds is 6. The molecule has 0 unspecified atom stereocenters. The predicted octanol–water partition coefficient (Wildman–Crippen LogP) is 4.27. The second kappa shape index (κ2) is 7.35. The molecule has 0 aliphatic rings. The summed E-state index contributed by atoms with van der Waals surface area (Å²) in [7, 11) is 0. The van der Waals surface area contributed by atoms with Crippen LogP contribution in [0.4, 0.5) is 5.69 Å². The van der Waals surface area contributed by atoms with Crippen LogP contribution in [0.3, 0.4) is 0 Å². The molecule has 2 rings (SSSR count). The third-order valence-electron chi connectivity index (χ3n) is 3.14. The molecule has 0 amide bonds. The number of hydrogen-bond donors (Lipinski definition) is 1. The Morgan fingerprint density at radius 3 is 2.81 bits per heavy atom. The largest absolute Gasteiger partial charge is 0.491 e. The molecule has 0 bridgehead atoms. The van der Waals surface area contributed by atoms with Crippen LogP contribution in [-0.4, -0.2) is 6.61 Å². The van der Waals surface area contributed by atoms with Crippen molar-refractivity contribution in [2.45, 2.75) is 26.8 Å². The second-order valence-corrected chi connectivity index (χ2v) is 5.01. The van der Waals surface area contributed by atoms with Crippen molar-refractivity contribution in [2.24, 2.45) is 0 Å². The lowest BCUT2D eigenvalue weighted by Crippen LogP contribution is -2.04. The van der Waals surface area contributed by atoms with Gasteiger partial charge in [-0.1, -0.05) is 25.1 Å². The van der Waals surface area contributed by atoms with Gasteiger partial charge < -0.3 is 10.1 Å². The van der Waals surface area contributed by atoms with Crippen molar-refractivity contribution in [3.8, 4) is 11.8 Å². The van der Waals surface area contributed by atoms with Gasteiger partial charge in [0.05, 0.1) is 23.9 Å². The molecular formula is C18H20N2O. The summed E-state index contributed by atoms with van der Waals surface area (Å²) < 4.78 is 5.79. The standard InChI is InChI=1S/C18H20N2O/c1-3-9-21-18-10-14(2)7-8-17(18)20-13-16-6-4-5-15(11-16)12-19/h4-8,10-11,20H,3,9,13H2,1-2H3.